The standard InChI is InChI=1S/C13H23N5OS/c1-14-11-9-12(17-13(16-11)10-19-2)15-3-4-18-5-7-20-8-6-18/h9H,3-8,10H2,1-2H3,(H2,14,15,16,17). The van der Waals surface area contributed by atoms with Crippen LogP contribution < -0.4 is 10.6 Å². The molecule has 0 aliphatic carbocycles. The summed E-state index contributed by atoms with van der Waals surface area (Å²) in [6.45, 7) is 4.75. The summed E-state index contributed by atoms with van der Waals surface area (Å²) in [4.78, 5) is 11.3. The molecule has 1 aliphatic rings. The number of nitrogens with zero attached hydrogens (tertiary/aromatic N) is 3. The normalized spacial score (nSPS) is 16.1. The number of rotatable bonds is 7. The minimum Gasteiger partial charge on any atom is -0.377 e. The number of hydrogen-bond acceptors (Lipinski definition) is 7. The summed E-state index contributed by atoms with van der Waals surface area (Å²) in [7, 11) is 3.50. The quantitative estimate of drug-likeness (QED) is 0.782. The number of hydrogen-bond donors (Lipinski definition) is 2. The maximum absolute atomic E-state index is 5.09. The molecule has 0 spiro atoms. The van der Waals surface area contributed by atoms with Gasteiger partial charge < -0.3 is 15.4 Å². The molecule has 2 rings (SSSR count). The van der Waals surface area contributed by atoms with Gasteiger partial charge in [-0.25, -0.2) is 9.97 Å². The summed E-state index contributed by atoms with van der Waals surface area (Å²) in [5, 5.41) is 6.42. The molecular weight excluding hydrogens is 274 g/mol. The van der Waals surface area contributed by atoms with Crippen molar-refractivity contribution in [1.29, 1.82) is 0 Å². The van der Waals surface area contributed by atoms with Crippen molar-refractivity contribution in [1.82, 2.24) is 14.9 Å². The monoisotopic (exact) mass is 297 g/mol. The van der Waals surface area contributed by atoms with Gasteiger partial charge in [0, 0.05) is 57.9 Å². The third-order valence-corrected chi connectivity index (χ3v) is 4.08. The van der Waals surface area contributed by atoms with Crippen LogP contribution in [0.3, 0.4) is 0 Å². The first-order valence-electron chi connectivity index (χ1n) is 6.90. The Kier molecular flexibility index (Phi) is 6.35. The zero-order valence-corrected chi connectivity index (χ0v) is 13.0. The molecule has 1 aromatic heterocycles. The molecule has 1 fully saturated rings. The Hall–Kier alpha value is -1.05. The zero-order valence-electron chi connectivity index (χ0n) is 12.2. The van der Waals surface area contributed by atoms with Crippen molar-refractivity contribution in [2.24, 2.45) is 0 Å². The number of ether oxygens (including phenoxy) is 1. The van der Waals surface area contributed by atoms with Gasteiger partial charge in [0.05, 0.1) is 0 Å². The molecule has 1 aromatic rings. The molecule has 1 saturated heterocycles. The SMILES string of the molecule is CNc1cc(NCCN2CCSCC2)nc(COC)n1. The van der Waals surface area contributed by atoms with Gasteiger partial charge >= 0.3 is 0 Å². The largest absolute Gasteiger partial charge is 0.377 e. The summed E-state index contributed by atoms with van der Waals surface area (Å²) in [5.41, 5.74) is 0. The number of thioether (sulfide) groups is 1. The van der Waals surface area contributed by atoms with E-state index in [1.54, 1.807) is 7.11 Å². The van der Waals surface area contributed by atoms with Crippen molar-refractivity contribution in [3.63, 3.8) is 0 Å². The second-order valence-corrected chi connectivity index (χ2v) is 5.84. The lowest BCUT2D eigenvalue weighted by atomic mass is 10.4. The van der Waals surface area contributed by atoms with Crippen LogP contribution in [0.4, 0.5) is 11.6 Å². The minimum atomic E-state index is 0.424. The molecule has 0 bridgehead atoms. The van der Waals surface area contributed by atoms with Crippen molar-refractivity contribution in [2.75, 3.05) is 62.5 Å². The highest BCUT2D eigenvalue weighted by atomic mass is 32.2. The van der Waals surface area contributed by atoms with Crippen LogP contribution in [-0.2, 0) is 11.3 Å². The van der Waals surface area contributed by atoms with Gasteiger partial charge in [0.1, 0.15) is 18.2 Å². The third kappa shape index (κ3) is 4.81. The molecule has 112 valence electrons. The Morgan fingerprint density at radius 1 is 1.30 bits per heavy atom. The van der Waals surface area contributed by atoms with Crippen LogP contribution in [0.1, 0.15) is 5.82 Å². The molecule has 0 aromatic carbocycles. The van der Waals surface area contributed by atoms with Gasteiger partial charge in [0.15, 0.2) is 5.82 Å². The fourth-order valence-corrected chi connectivity index (χ4v) is 3.05. The van der Waals surface area contributed by atoms with E-state index in [0.717, 1.165) is 24.7 Å². The molecule has 0 saturated carbocycles. The van der Waals surface area contributed by atoms with Crippen LogP contribution in [0, 0.1) is 0 Å². The second-order valence-electron chi connectivity index (χ2n) is 4.62. The van der Waals surface area contributed by atoms with Gasteiger partial charge in [-0.1, -0.05) is 0 Å². The van der Waals surface area contributed by atoms with Gasteiger partial charge in [-0.3, -0.25) is 4.90 Å². The van der Waals surface area contributed by atoms with E-state index in [2.05, 4.69) is 25.5 Å². The lowest BCUT2D eigenvalue weighted by molar-refractivity contribution is 0.178. The third-order valence-electron chi connectivity index (χ3n) is 3.14. The smallest absolute Gasteiger partial charge is 0.158 e. The Morgan fingerprint density at radius 2 is 2.05 bits per heavy atom. The number of aromatic nitrogens is 2. The van der Waals surface area contributed by atoms with Crippen molar-refractivity contribution in [2.45, 2.75) is 6.61 Å². The van der Waals surface area contributed by atoms with Crippen LogP contribution in [0.2, 0.25) is 0 Å². The van der Waals surface area contributed by atoms with E-state index < -0.39 is 0 Å². The predicted molar refractivity (Wildman–Crippen MR) is 84.5 cm³/mol. The van der Waals surface area contributed by atoms with E-state index in [4.69, 9.17) is 4.74 Å². The van der Waals surface area contributed by atoms with E-state index in [9.17, 15) is 0 Å². The molecule has 20 heavy (non-hydrogen) atoms. The van der Waals surface area contributed by atoms with Gasteiger partial charge in [-0.15, -0.1) is 0 Å². The Morgan fingerprint density at radius 3 is 2.75 bits per heavy atom. The van der Waals surface area contributed by atoms with Crippen LogP contribution in [0.5, 0.6) is 0 Å². The van der Waals surface area contributed by atoms with Crippen molar-refractivity contribution in [3.05, 3.63) is 11.9 Å². The number of methoxy groups -OCH3 is 1. The first-order valence-corrected chi connectivity index (χ1v) is 8.06. The predicted octanol–water partition coefficient (Wildman–Crippen LogP) is 1.13. The molecule has 0 amide bonds. The molecule has 7 heteroatoms. The zero-order chi connectivity index (χ0) is 14.2. The van der Waals surface area contributed by atoms with E-state index in [1.165, 1.54) is 24.6 Å². The first kappa shape index (κ1) is 15.3. The van der Waals surface area contributed by atoms with Gasteiger partial charge in [-0.2, -0.15) is 11.8 Å². The fraction of sp³-hybridized carbons (Fsp3) is 0.692. The molecule has 0 unspecified atom stereocenters. The van der Waals surface area contributed by atoms with Crippen LogP contribution in [-0.4, -0.2) is 66.7 Å². The summed E-state index contributed by atoms with van der Waals surface area (Å²) in [6.07, 6.45) is 0. The summed E-state index contributed by atoms with van der Waals surface area (Å²) >= 11 is 2.04. The highest BCUT2D eigenvalue weighted by Crippen LogP contribution is 2.12. The lowest BCUT2D eigenvalue weighted by Gasteiger charge is -2.26. The van der Waals surface area contributed by atoms with E-state index in [-0.39, 0.29) is 0 Å². The van der Waals surface area contributed by atoms with Gasteiger partial charge in [0.25, 0.3) is 0 Å². The van der Waals surface area contributed by atoms with Gasteiger partial charge in [0.2, 0.25) is 0 Å². The number of anilines is 2. The summed E-state index contributed by atoms with van der Waals surface area (Å²) in [6, 6.07) is 1.92. The van der Waals surface area contributed by atoms with E-state index in [0.29, 0.717) is 12.4 Å². The topological polar surface area (TPSA) is 62.3 Å². The molecule has 0 atom stereocenters. The highest BCUT2D eigenvalue weighted by molar-refractivity contribution is 7.99. The Balaban J connectivity index is 1.85. The molecular formula is C13H23N5OS. The lowest BCUT2D eigenvalue weighted by Crippen LogP contribution is -2.36. The van der Waals surface area contributed by atoms with Crippen molar-refractivity contribution >= 4 is 23.4 Å². The molecule has 6 nitrogen and oxygen atoms in total. The van der Waals surface area contributed by atoms with Crippen LogP contribution in [0.25, 0.3) is 0 Å². The molecule has 2 heterocycles. The maximum Gasteiger partial charge on any atom is 0.158 e. The van der Waals surface area contributed by atoms with Crippen molar-refractivity contribution in [3.8, 4) is 0 Å². The summed E-state index contributed by atoms with van der Waals surface area (Å²) in [5.74, 6) is 4.84. The molecule has 0 radical (unpaired) electrons. The number of nitrogens with one attached hydrogen (secondary N) is 2. The molecule has 1 aliphatic heterocycles. The molecule has 2 N–H and O–H groups in total. The fourth-order valence-electron chi connectivity index (χ4n) is 2.08. The average molecular weight is 297 g/mol. The Bertz CT molecular complexity index is 412. The van der Waals surface area contributed by atoms with Gasteiger partial charge in [-0.05, 0) is 0 Å². The second kappa shape index (κ2) is 8.28. The Labute approximate surface area is 124 Å². The first-order chi connectivity index (χ1) is 9.81. The van der Waals surface area contributed by atoms with E-state index in [1.807, 2.05) is 24.9 Å². The maximum atomic E-state index is 5.09. The van der Waals surface area contributed by atoms with E-state index >= 15 is 0 Å². The minimum absolute atomic E-state index is 0.424. The highest BCUT2D eigenvalue weighted by Gasteiger charge is 2.10. The average Bonchev–Trinajstić information content (AvgIpc) is 2.48. The van der Waals surface area contributed by atoms with Crippen molar-refractivity contribution < 1.29 is 4.74 Å². The van der Waals surface area contributed by atoms with Crippen LogP contribution in [0.15, 0.2) is 6.07 Å². The van der Waals surface area contributed by atoms with Crippen LogP contribution >= 0.6 is 11.8 Å². The summed E-state index contributed by atoms with van der Waals surface area (Å²) < 4.78 is 5.09.